The largest absolute Gasteiger partial charge is 0.573 e. The zero-order valence-electron chi connectivity index (χ0n) is 32.8. The minimum absolute atomic E-state index is 0.0376. The van der Waals surface area contributed by atoms with E-state index in [1.54, 1.807) is 19.2 Å². The van der Waals surface area contributed by atoms with Crippen LogP contribution in [0.25, 0.3) is 5.52 Å². The van der Waals surface area contributed by atoms with Gasteiger partial charge in [0.25, 0.3) is 0 Å². The van der Waals surface area contributed by atoms with E-state index in [1.165, 1.54) is 113 Å². The third-order valence-corrected chi connectivity index (χ3v) is 11.1. The third kappa shape index (κ3) is 14.5. The average molecular weight is 801 g/mol. The molecule has 304 valence electrons. The third-order valence-electron chi connectivity index (χ3n) is 9.91. The number of nitrogens with two attached hydrogens (primary N) is 1. The number of nitrogen functional groups attached to an aromatic ring is 1. The van der Waals surface area contributed by atoms with E-state index in [4.69, 9.17) is 40.8 Å². The number of aliphatic imine (C=N–C) groups is 1. The van der Waals surface area contributed by atoms with Crippen molar-refractivity contribution in [1.82, 2.24) is 14.6 Å². The summed E-state index contributed by atoms with van der Waals surface area (Å²) in [4.78, 5) is 8.12. The van der Waals surface area contributed by atoms with Crippen molar-refractivity contribution in [3.63, 3.8) is 0 Å². The minimum Gasteiger partial charge on any atom is -0.470 e. The van der Waals surface area contributed by atoms with Gasteiger partial charge in [0.05, 0.1) is 25.1 Å². The molecule has 4 rings (SSSR count). The van der Waals surface area contributed by atoms with Crippen LogP contribution in [0.5, 0.6) is 0 Å². The van der Waals surface area contributed by atoms with Gasteiger partial charge in [-0.05, 0) is 24.1 Å². The van der Waals surface area contributed by atoms with Gasteiger partial charge in [-0.15, -0.1) is 4.52 Å². The van der Waals surface area contributed by atoms with Crippen LogP contribution in [-0.4, -0.2) is 76.2 Å². The topological polar surface area (TPSA) is 155 Å². The van der Waals surface area contributed by atoms with E-state index in [2.05, 4.69) is 22.0 Å². The number of aromatic nitrogens is 3. The Hall–Kier alpha value is -3.03. The molecule has 1 unspecified atom stereocenters. The highest BCUT2D eigenvalue weighted by molar-refractivity contribution is 8.00. The van der Waals surface area contributed by atoms with Crippen molar-refractivity contribution in [1.29, 1.82) is 0 Å². The Morgan fingerprint density at radius 3 is 2.20 bits per heavy atom. The summed E-state index contributed by atoms with van der Waals surface area (Å²) in [5.74, 6) is 0.215. The number of rotatable bonds is 29. The van der Waals surface area contributed by atoms with E-state index in [-0.39, 0.29) is 24.3 Å². The van der Waals surface area contributed by atoms with Crippen molar-refractivity contribution >= 4 is 36.5 Å². The van der Waals surface area contributed by atoms with Gasteiger partial charge in [-0.3, -0.25) is 9.52 Å². The molecule has 1 fully saturated rings. The first-order valence-corrected chi connectivity index (χ1v) is 22.4. The lowest BCUT2D eigenvalue weighted by molar-refractivity contribution is -0.0446. The molecular formula is C41H63N5O7PS+. The van der Waals surface area contributed by atoms with Crippen molar-refractivity contribution in [3.8, 4) is 0 Å². The number of benzene rings is 1. The summed E-state index contributed by atoms with van der Waals surface area (Å²) in [5.41, 5.74) is 6.39. The molecule has 5 atom stereocenters. The number of ether oxygens (including phenoxy) is 3. The van der Waals surface area contributed by atoms with Crippen LogP contribution in [-0.2, 0) is 47.3 Å². The summed E-state index contributed by atoms with van der Waals surface area (Å²) < 4.78 is 31.4. The highest BCUT2D eigenvalue weighted by Crippen LogP contribution is 2.42. The second-order valence-electron chi connectivity index (χ2n) is 14.3. The van der Waals surface area contributed by atoms with Gasteiger partial charge in [-0.2, -0.15) is 5.10 Å². The predicted molar refractivity (Wildman–Crippen MR) is 221 cm³/mol. The van der Waals surface area contributed by atoms with Gasteiger partial charge < -0.3 is 30.2 Å². The van der Waals surface area contributed by atoms with Crippen molar-refractivity contribution in [2.75, 3.05) is 32.6 Å². The minimum atomic E-state index is -1.86. The Kier molecular flexibility index (Phi) is 20.5. The summed E-state index contributed by atoms with van der Waals surface area (Å²) in [6.07, 6.45) is 21.9. The van der Waals surface area contributed by atoms with Crippen LogP contribution >= 0.6 is 7.15 Å². The molecule has 55 heavy (non-hydrogen) atoms. The van der Waals surface area contributed by atoms with Gasteiger partial charge in [-0.1, -0.05) is 134 Å². The quantitative estimate of drug-likeness (QED) is 0.0268. The number of anilines is 1. The molecule has 3 heterocycles. The molecule has 1 saturated heterocycles. The Labute approximate surface area is 333 Å². The standard InChI is InChI=1S/C41H63N5O7PS/c1-3-4-5-6-7-8-9-10-11-12-13-14-15-16-17-21-26-49-28-34(50-27-33-22-19-18-20-23-33)29-51-54(55)52-30-36-38(47)39(48)41(53-36,31-43-2)37-25-24-35-40(42)44-32-45-46(35)37/h18-20,22-25,30-32,34,38-39,47-48H,3-17,21,26-29H2,1-2H3,(H2,42,44,45)/q+1/b36-30+,43-31?/t34-,38-,39-,41+/m1/s1. The van der Waals surface area contributed by atoms with Gasteiger partial charge in [-0.25, -0.2) is 9.50 Å². The smallest absolute Gasteiger partial charge is 0.470 e. The molecular weight excluding hydrogens is 738 g/mol. The van der Waals surface area contributed by atoms with Crippen molar-refractivity contribution in [3.05, 3.63) is 72.1 Å². The lowest BCUT2D eigenvalue weighted by Crippen LogP contribution is -2.43. The normalized spacial score (nSPS) is 20.1. The predicted octanol–water partition coefficient (Wildman–Crippen LogP) is 8.47. The Balaban J connectivity index is 1.16. The summed E-state index contributed by atoms with van der Waals surface area (Å²) in [6, 6.07) is 13.3. The summed E-state index contributed by atoms with van der Waals surface area (Å²) in [6.45, 7) is 3.85. The molecule has 3 aromatic rings. The zero-order chi connectivity index (χ0) is 39.1. The molecule has 1 aliphatic rings. The maximum atomic E-state index is 11.2. The monoisotopic (exact) mass is 800 g/mol. The Bertz CT molecular complexity index is 1600. The van der Waals surface area contributed by atoms with Gasteiger partial charge in [0.15, 0.2) is 17.8 Å². The maximum Gasteiger partial charge on any atom is 0.573 e. The fourth-order valence-electron chi connectivity index (χ4n) is 6.78. The van der Waals surface area contributed by atoms with E-state index in [0.29, 0.717) is 31.0 Å². The second-order valence-corrected chi connectivity index (χ2v) is 16.1. The van der Waals surface area contributed by atoms with Gasteiger partial charge in [0, 0.05) is 13.7 Å². The van der Waals surface area contributed by atoms with Crippen LogP contribution in [0.15, 0.2) is 65.8 Å². The van der Waals surface area contributed by atoms with E-state index in [1.807, 2.05) is 30.3 Å². The molecule has 14 heteroatoms. The second kappa shape index (κ2) is 25.3. The van der Waals surface area contributed by atoms with Crippen LogP contribution in [0.1, 0.15) is 121 Å². The lowest BCUT2D eigenvalue weighted by atomic mass is 9.93. The van der Waals surface area contributed by atoms with E-state index < -0.39 is 25.0 Å². The first kappa shape index (κ1) is 44.7. The summed E-state index contributed by atoms with van der Waals surface area (Å²) >= 11 is 5.48. The molecule has 2 aromatic heterocycles. The molecule has 1 aliphatic heterocycles. The number of aliphatic hydroxyl groups excluding tert-OH is 2. The summed E-state index contributed by atoms with van der Waals surface area (Å²) in [5, 5.41) is 26.5. The van der Waals surface area contributed by atoms with Crippen LogP contribution in [0.3, 0.4) is 0 Å². The zero-order valence-corrected chi connectivity index (χ0v) is 34.5. The SMILES string of the molecule is CCCCCCCCCCCCCCCCCCOC[C@H](CO[P+](=S)O/C=C1/O[C@@](C=NC)(c2ccc3c(N)ncnn23)[C@H](O)[C@@H]1O)OCc1ccccc1. The van der Waals surface area contributed by atoms with Gasteiger partial charge in [0.1, 0.15) is 36.8 Å². The Morgan fingerprint density at radius 2 is 1.56 bits per heavy atom. The molecule has 12 nitrogen and oxygen atoms in total. The molecule has 0 saturated carbocycles. The van der Waals surface area contributed by atoms with Crippen molar-refractivity contribution in [2.45, 2.75) is 140 Å². The number of nitrogens with zero attached hydrogens (tertiary/aromatic N) is 4. The van der Waals surface area contributed by atoms with E-state index in [9.17, 15) is 10.2 Å². The average Bonchev–Trinajstić information content (AvgIpc) is 3.74. The molecule has 0 bridgehead atoms. The molecule has 0 amide bonds. The van der Waals surface area contributed by atoms with Crippen molar-refractivity contribution < 1.29 is 33.5 Å². The molecule has 0 radical (unpaired) electrons. The fourth-order valence-corrected chi connectivity index (χ4v) is 7.63. The van der Waals surface area contributed by atoms with Crippen molar-refractivity contribution in [2.24, 2.45) is 4.99 Å². The highest BCUT2D eigenvalue weighted by atomic mass is 32.4. The number of aliphatic hydroxyl groups is 2. The van der Waals surface area contributed by atoms with Crippen LogP contribution in [0, 0.1) is 0 Å². The number of hydrogen-bond acceptors (Lipinski definition) is 12. The first-order valence-electron chi connectivity index (χ1n) is 20.2. The van der Waals surface area contributed by atoms with Gasteiger partial charge in [0.2, 0.25) is 17.4 Å². The van der Waals surface area contributed by atoms with Gasteiger partial charge >= 0.3 is 7.15 Å². The van der Waals surface area contributed by atoms with Crippen LogP contribution in [0.2, 0.25) is 0 Å². The molecule has 0 spiro atoms. The number of fused-ring (bicyclic) bond motifs is 1. The van der Waals surface area contributed by atoms with Crippen LogP contribution in [0.4, 0.5) is 5.82 Å². The molecule has 0 aliphatic carbocycles. The molecule has 4 N–H and O–H groups in total. The fraction of sp³-hybridized carbons (Fsp3) is 0.634. The maximum absolute atomic E-state index is 11.2. The Morgan fingerprint density at radius 1 is 0.927 bits per heavy atom. The lowest BCUT2D eigenvalue weighted by Gasteiger charge is -2.27. The van der Waals surface area contributed by atoms with E-state index >= 15 is 0 Å². The first-order chi connectivity index (χ1) is 26.9. The summed E-state index contributed by atoms with van der Waals surface area (Å²) in [7, 11) is -0.321. The number of hydrogen-bond donors (Lipinski definition) is 3. The van der Waals surface area contributed by atoms with E-state index in [0.717, 1.165) is 18.4 Å². The highest BCUT2D eigenvalue weighted by Gasteiger charge is 2.55. The molecule has 1 aromatic carbocycles. The van der Waals surface area contributed by atoms with Crippen LogP contribution < -0.4 is 5.73 Å². The number of unbranched alkanes of at least 4 members (excludes halogenated alkanes) is 15.